The molecule has 13 heavy (non-hydrogen) atoms. The largest absolute Gasteiger partial charge is 0.508 e. The zero-order valence-corrected chi connectivity index (χ0v) is 7.07. The standard InChI is InChI=1S/C10H10N2O/c1-2-9(12)8-5-7(6-11)3-4-10(8)13/h2-5,9,13H,1,12H2/t9-/m1/s1. The van der Waals surface area contributed by atoms with Crippen LogP contribution < -0.4 is 5.73 Å². The van der Waals surface area contributed by atoms with Crippen molar-refractivity contribution in [2.75, 3.05) is 0 Å². The molecule has 0 aromatic heterocycles. The highest BCUT2D eigenvalue weighted by molar-refractivity contribution is 5.43. The van der Waals surface area contributed by atoms with Crippen LogP contribution in [-0.4, -0.2) is 5.11 Å². The Labute approximate surface area is 76.7 Å². The Balaban J connectivity index is 3.20. The number of nitriles is 1. The second-order valence-corrected chi connectivity index (χ2v) is 2.65. The highest BCUT2D eigenvalue weighted by Crippen LogP contribution is 2.23. The van der Waals surface area contributed by atoms with Crippen molar-refractivity contribution < 1.29 is 5.11 Å². The van der Waals surface area contributed by atoms with E-state index in [4.69, 9.17) is 11.0 Å². The first kappa shape index (κ1) is 9.30. The van der Waals surface area contributed by atoms with Crippen molar-refractivity contribution >= 4 is 0 Å². The number of aromatic hydroxyl groups is 1. The van der Waals surface area contributed by atoms with Gasteiger partial charge in [-0.05, 0) is 18.2 Å². The molecule has 3 nitrogen and oxygen atoms in total. The molecular weight excluding hydrogens is 164 g/mol. The molecule has 0 aliphatic heterocycles. The summed E-state index contributed by atoms with van der Waals surface area (Å²) in [6, 6.07) is 6.08. The summed E-state index contributed by atoms with van der Waals surface area (Å²) in [7, 11) is 0. The molecule has 1 rings (SSSR count). The van der Waals surface area contributed by atoms with Crippen LogP contribution in [0.2, 0.25) is 0 Å². The summed E-state index contributed by atoms with van der Waals surface area (Å²) >= 11 is 0. The van der Waals surface area contributed by atoms with Crippen LogP contribution in [0, 0.1) is 11.3 Å². The predicted octanol–water partition coefficient (Wildman–Crippen LogP) is 1.45. The fourth-order valence-corrected chi connectivity index (χ4v) is 1.02. The Hall–Kier alpha value is -1.79. The lowest BCUT2D eigenvalue weighted by Gasteiger charge is -2.08. The second kappa shape index (κ2) is 3.74. The fraction of sp³-hybridized carbons (Fsp3) is 0.100. The van der Waals surface area contributed by atoms with Crippen LogP contribution in [0.25, 0.3) is 0 Å². The van der Waals surface area contributed by atoms with Gasteiger partial charge < -0.3 is 10.8 Å². The minimum atomic E-state index is -0.437. The average molecular weight is 174 g/mol. The van der Waals surface area contributed by atoms with Crippen LogP contribution in [-0.2, 0) is 0 Å². The molecule has 0 saturated heterocycles. The van der Waals surface area contributed by atoms with E-state index in [1.165, 1.54) is 18.2 Å². The van der Waals surface area contributed by atoms with E-state index < -0.39 is 6.04 Å². The van der Waals surface area contributed by atoms with E-state index in [-0.39, 0.29) is 5.75 Å². The van der Waals surface area contributed by atoms with E-state index in [2.05, 4.69) is 6.58 Å². The summed E-state index contributed by atoms with van der Waals surface area (Å²) in [6.07, 6.45) is 1.51. The van der Waals surface area contributed by atoms with Gasteiger partial charge in [0.15, 0.2) is 0 Å². The van der Waals surface area contributed by atoms with Crippen LogP contribution in [0.1, 0.15) is 17.2 Å². The first-order chi connectivity index (χ1) is 6.19. The SMILES string of the molecule is C=C[C@@H](N)c1cc(C#N)ccc1O. The van der Waals surface area contributed by atoms with E-state index in [1.54, 1.807) is 6.07 Å². The number of hydrogen-bond donors (Lipinski definition) is 2. The van der Waals surface area contributed by atoms with Crippen molar-refractivity contribution in [1.82, 2.24) is 0 Å². The molecule has 0 spiro atoms. The number of rotatable bonds is 2. The molecule has 1 aromatic carbocycles. The predicted molar refractivity (Wildman–Crippen MR) is 49.9 cm³/mol. The summed E-state index contributed by atoms with van der Waals surface area (Å²) in [5.41, 5.74) is 6.63. The molecule has 1 atom stereocenters. The van der Waals surface area contributed by atoms with Crippen LogP contribution in [0.15, 0.2) is 30.9 Å². The van der Waals surface area contributed by atoms with E-state index >= 15 is 0 Å². The third-order valence-corrected chi connectivity index (χ3v) is 1.77. The average Bonchev–Trinajstić information content (AvgIpc) is 2.17. The number of benzene rings is 1. The molecule has 0 bridgehead atoms. The third-order valence-electron chi connectivity index (χ3n) is 1.77. The maximum atomic E-state index is 9.39. The molecule has 3 heteroatoms. The van der Waals surface area contributed by atoms with Gasteiger partial charge in [0.1, 0.15) is 5.75 Å². The summed E-state index contributed by atoms with van der Waals surface area (Å²) in [4.78, 5) is 0. The van der Waals surface area contributed by atoms with E-state index in [1.807, 2.05) is 6.07 Å². The van der Waals surface area contributed by atoms with Crippen molar-refractivity contribution in [3.05, 3.63) is 42.0 Å². The van der Waals surface area contributed by atoms with E-state index in [0.29, 0.717) is 11.1 Å². The maximum Gasteiger partial charge on any atom is 0.120 e. The molecule has 66 valence electrons. The summed E-state index contributed by atoms with van der Waals surface area (Å²) < 4.78 is 0. The second-order valence-electron chi connectivity index (χ2n) is 2.65. The molecule has 0 unspecified atom stereocenters. The van der Waals surface area contributed by atoms with Crippen LogP contribution in [0.4, 0.5) is 0 Å². The fourth-order valence-electron chi connectivity index (χ4n) is 1.02. The quantitative estimate of drug-likeness (QED) is 0.666. The summed E-state index contributed by atoms with van der Waals surface area (Å²) in [5, 5.41) is 18.0. The Morgan fingerprint density at radius 2 is 2.31 bits per heavy atom. The Morgan fingerprint density at radius 3 is 2.85 bits per heavy atom. The molecule has 0 radical (unpaired) electrons. The van der Waals surface area contributed by atoms with Gasteiger partial charge >= 0.3 is 0 Å². The van der Waals surface area contributed by atoms with Crippen molar-refractivity contribution in [2.24, 2.45) is 5.73 Å². The van der Waals surface area contributed by atoms with Crippen LogP contribution in [0.5, 0.6) is 5.75 Å². The number of nitrogens with two attached hydrogens (primary N) is 1. The molecule has 0 heterocycles. The van der Waals surface area contributed by atoms with Gasteiger partial charge in [-0.15, -0.1) is 6.58 Å². The molecule has 3 N–H and O–H groups in total. The van der Waals surface area contributed by atoms with Gasteiger partial charge in [-0.25, -0.2) is 0 Å². The zero-order valence-electron chi connectivity index (χ0n) is 7.07. The Morgan fingerprint density at radius 1 is 1.62 bits per heavy atom. The highest BCUT2D eigenvalue weighted by atomic mass is 16.3. The number of phenols is 1. The smallest absolute Gasteiger partial charge is 0.120 e. The minimum Gasteiger partial charge on any atom is -0.508 e. The number of hydrogen-bond acceptors (Lipinski definition) is 3. The first-order valence-corrected chi connectivity index (χ1v) is 3.80. The summed E-state index contributed by atoms with van der Waals surface area (Å²) in [6.45, 7) is 3.51. The van der Waals surface area contributed by atoms with Crippen molar-refractivity contribution in [3.8, 4) is 11.8 Å². The highest BCUT2D eigenvalue weighted by Gasteiger charge is 2.07. The molecular formula is C10H10N2O. The number of nitrogens with zero attached hydrogens (tertiary/aromatic N) is 1. The molecule has 0 saturated carbocycles. The normalized spacial score (nSPS) is 11.7. The Bertz CT molecular complexity index is 366. The van der Waals surface area contributed by atoms with Crippen LogP contribution >= 0.6 is 0 Å². The monoisotopic (exact) mass is 174 g/mol. The Kier molecular flexibility index (Phi) is 2.68. The minimum absolute atomic E-state index is 0.0893. The maximum absolute atomic E-state index is 9.39. The first-order valence-electron chi connectivity index (χ1n) is 3.80. The van der Waals surface area contributed by atoms with Gasteiger partial charge in [0.25, 0.3) is 0 Å². The van der Waals surface area contributed by atoms with Gasteiger partial charge in [-0.3, -0.25) is 0 Å². The third kappa shape index (κ3) is 1.86. The van der Waals surface area contributed by atoms with Gasteiger partial charge in [-0.1, -0.05) is 6.08 Å². The molecule has 0 amide bonds. The molecule has 0 fully saturated rings. The zero-order chi connectivity index (χ0) is 9.84. The van der Waals surface area contributed by atoms with Crippen molar-refractivity contribution in [3.63, 3.8) is 0 Å². The van der Waals surface area contributed by atoms with Gasteiger partial charge in [0.05, 0.1) is 17.7 Å². The molecule has 0 aliphatic carbocycles. The van der Waals surface area contributed by atoms with E-state index in [0.717, 1.165) is 0 Å². The van der Waals surface area contributed by atoms with Crippen LogP contribution in [0.3, 0.4) is 0 Å². The lowest BCUT2D eigenvalue weighted by atomic mass is 10.0. The van der Waals surface area contributed by atoms with Gasteiger partial charge in [0, 0.05) is 5.56 Å². The molecule has 0 aliphatic rings. The van der Waals surface area contributed by atoms with Gasteiger partial charge in [-0.2, -0.15) is 5.26 Å². The van der Waals surface area contributed by atoms with Gasteiger partial charge in [0.2, 0.25) is 0 Å². The topological polar surface area (TPSA) is 70.0 Å². The van der Waals surface area contributed by atoms with Crippen molar-refractivity contribution in [2.45, 2.75) is 6.04 Å². The lowest BCUT2D eigenvalue weighted by molar-refractivity contribution is 0.466. The van der Waals surface area contributed by atoms with E-state index in [9.17, 15) is 5.11 Å². The summed E-state index contributed by atoms with van der Waals surface area (Å²) in [5.74, 6) is 0.0893. The number of phenolic OH excluding ortho intramolecular Hbond substituents is 1. The van der Waals surface area contributed by atoms with Crippen molar-refractivity contribution in [1.29, 1.82) is 5.26 Å². The molecule has 1 aromatic rings. The lowest BCUT2D eigenvalue weighted by Crippen LogP contribution is -2.06.